The van der Waals surface area contributed by atoms with Crippen molar-refractivity contribution >= 4 is 28.2 Å². The van der Waals surface area contributed by atoms with Gasteiger partial charge < -0.3 is 10.2 Å². The average Bonchev–Trinajstić information content (AvgIpc) is 3.06. The Morgan fingerprint density at radius 3 is 2.73 bits per heavy atom. The molecule has 0 fully saturated rings. The van der Waals surface area contributed by atoms with Crippen LogP contribution >= 0.6 is 11.3 Å². The molecule has 1 amide bonds. The number of rotatable bonds is 3. The van der Waals surface area contributed by atoms with Crippen LogP contribution < -0.4 is 5.32 Å². The lowest BCUT2D eigenvalue weighted by Gasteiger charge is -2.29. The number of benzene rings is 1. The molecule has 0 unspecified atom stereocenters. The first-order valence-electron chi connectivity index (χ1n) is 8.50. The molecule has 0 radical (unpaired) electrons. The first kappa shape index (κ1) is 16.7. The molecule has 0 aliphatic carbocycles. The van der Waals surface area contributed by atoms with Crippen LogP contribution in [0.1, 0.15) is 32.3 Å². The number of hydrogen-bond acceptors (Lipinski definition) is 6. The molecule has 2 aromatic heterocycles. The van der Waals surface area contributed by atoms with Crippen LogP contribution in [0.2, 0.25) is 0 Å². The van der Waals surface area contributed by atoms with Crippen LogP contribution in [0.25, 0.3) is 0 Å². The number of anilines is 2. The fourth-order valence-electron chi connectivity index (χ4n) is 3.09. The first-order valence-corrected chi connectivity index (χ1v) is 9.32. The van der Waals surface area contributed by atoms with Gasteiger partial charge in [0.25, 0.3) is 5.91 Å². The van der Waals surface area contributed by atoms with E-state index in [1.165, 1.54) is 0 Å². The van der Waals surface area contributed by atoms with Gasteiger partial charge in [-0.3, -0.25) is 4.79 Å². The molecule has 1 aliphatic heterocycles. The molecule has 1 aliphatic rings. The summed E-state index contributed by atoms with van der Waals surface area (Å²) in [6.45, 7) is 5.06. The predicted molar refractivity (Wildman–Crippen MR) is 102 cm³/mol. The van der Waals surface area contributed by atoms with Gasteiger partial charge in [-0.2, -0.15) is 0 Å². The maximum atomic E-state index is 12.8. The van der Waals surface area contributed by atoms with Crippen LogP contribution in [0.15, 0.2) is 36.5 Å². The number of nitrogens with zero attached hydrogens (tertiary/aromatic N) is 4. The second-order valence-corrected chi connectivity index (χ2v) is 7.52. The third-order valence-electron chi connectivity index (χ3n) is 4.33. The van der Waals surface area contributed by atoms with Crippen molar-refractivity contribution in [3.63, 3.8) is 0 Å². The van der Waals surface area contributed by atoms with Gasteiger partial charge in [0, 0.05) is 35.2 Å². The Morgan fingerprint density at radius 2 is 2.00 bits per heavy atom. The fourth-order valence-corrected chi connectivity index (χ4v) is 3.75. The van der Waals surface area contributed by atoms with Crippen molar-refractivity contribution in [1.29, 1.82) is 0 Å². The SMILES string of the molecule is Cc1nc2c(c(Nc3ncc(C)s3)n1)CN(C(=O)c1ccccc1)CC2. The Kier molecular flexibility index (Phi) is 4.38. The van der Waals surface area contributed by atoms with Gasteiger partial charge in [0.15, 0.2) is 5.13 Å². The summed E-state index contributed by atoms with van der Waals surface area (Å²) in [7, 11) is 0. The standard InChI is InChI=1S/C19H19N5OS/c1-12-10-20-19(26-12)23-17-15-11-24(9-8-16(15)21-13(2)22-17)18(25)14-6-4-3-5-7-14/h3-7,10H,8-9,11H2,1-2H3,(H,20,21,22,23). The lowest BCUT2D eigenvalue weighted by Crippen LogP contribution is -2.37. The average molecular weight is 365 g/mol. The molecule has 0 bridgehead atoms. The minimum absolute atomic E-state index is 0.0351. The number of aromatic nitrogens is 3. The molecule has 0 spiro atoms. The van der Waals surface area contributed by atoms with E-state index in [2.05, 4.69) is 20.3 Å². The Labute approximate surface area is 155 Å². The van der Waals surface area contributed by atoms with E-state index in [1.54, 1.807) is 11.3 Å². The molecule has 0 saturated carbocycles. The zero-order valence-corrected chi connectivity index (χ0v) is 15.5. The van der Waals surface area contributed by atoms with Crippen molar-refractivity contribution < 1.29 is 4.79 Å². The van der Waals surface area contributed by atoms with E-state index in [0.29, 0.717) is 18.7 Å². The fraction of sp³-hybridized carbons (Fsp3) is 0.263. The summed E-state index contributed by atoms with van der Waals surface area (Å²) in [6, 6.07) is 9.38. The van der Waals surface area contributed by atoms with Crippen LogP contribution in [0.5, 0.6) is 0 Å². The van der Waals surface area contributed by atoms with Crippen LogP contribution in [0, 0.1) is 13.8 Å². The second kappa shape index (κ2) is 6.84. The number of thiazole rings is 1. The number of hydrogen-bond donors (Lipinski definition) is 1. The lowest BCUT2D eigenvalue weighted by atomic mass is 10.0. The topological polar surface area (TPSA) is 71.0 Å². The molecule has 0 atom stereocenters. The van der Waals surface area contributed by atoms with Crippen LogP contribution in [-0.2, 0) is 13.0 Å². The largest absolute Gasteiger partial charge is 0.334 e. The Balaban J connectivity index is 1.64. The van der Waals surface area contributed by atoms with Crippen molar-refractivity contribution in [1.82, 2.24) is 19.9 Å². The molecule has 7 heteroatoms. The van der Waals surface area contributed by atoms with E-state index in [9.17, 15) is 4.79 Å². The van der Waals surface area contributed by atoms with Crippen LogP contribution in [0.4, 0.5) is 10.9 Å². The minimum atomic E-state index is 0.0351. The molecule has 132 valence electrons. The highest BCUT2D eigenvalue weighted by Gasteiger charge is 2.26. The van der Waals surface area contributed by atoms with E-state index < -0.39 is 0 Å². The summed E-state index contributed by atoms with van der Waals surface area (Å²) < 4.78 is 0. The molecule has 26 heavy (non-hydrogen) atoms. The number of aryl methyl sites for hydroxylation is 2. The number of fused-ring (bicyclic) bond motifs is 1. The molecule has 4 rings (SSSR count). The monoisotopic (exact) mass is 365 g/mol. The van der Waals surface area contributed by atoms with Gasteiger partial charge in [-0.15, -0.1) is 11.3 Å². The minimum Gasteiger partial charge on any atom is -0.334 e. The molecule has 1 N–H and O–H groups in total. The normalized spacial score (nSPS) is 13.4. The summed E-state index contributed by atoms with van der Waals surface area (Å²) in [6.07, 6.45) is 2.56. The van der Waals surface area contributed by atoms with Crippen molar-refractivity contribution in [3.05, 3.63) is 64.1 Å². The number of carbonyl (C=O) groups excluding carboxylic acids is 1. The van der Waals surface area contributed by atoms with Crippen molar-refractivity contribution in [3.8, 4) is 0 Å². The van der Waals surface area contributed by atoms with Gasteiger partial charge in [-0.25, -0.2) is 15.0 Å². The van der Waals surface area contributed by atoms with Gasteiger partial charge in [0.2, 0.25) is 0 Å². The zero-order chi connectivity index (χ0) is 18.1. The number of nitrogens with one attached hydrogen (secondary N) is 1. The Bertz CT molecular complexity index is 954. The third-order valence-corrected chi connectivity index (χ3v) is 5.15. The highest BCUT2D eigenvalue weighted by Crippen LogP contribution is 2.28. The smallest absolute Gasteiger partial charge is 0.254 e. The van der Waals surface area contributed by atoms with Gasteiger partial charge in [-0.05, 0) is 26.0 Å². The van der Waals surface area contributed by atoms with Crippen LogP contribution in [0.3, 0.4) is 0 Å². The number of carbonyl (C=O) groups is 1. The summed E-state index contributed by atoms with van der Waals surface area (Å²) in [5.74, 6) is 1.50. The summed E-state index contributed by atoms with van der Waals surface area (Å²) in [5.41, 5.74) is 2.68. The van der Waals surface area contributed by atoms with Gasteiger partial charge in [0.1, 0.15) is 11.6 Å². The highest BCUT2D eigenvalue weighted by atomic mass is 32.1. The van der Waals surface area contributed by atoms with Gasteiger partial charge >= 0.3 is 0 Å². The summed E-state index contributed by atoms with van der Waals surface area (Å²) in [5, 5.41) is 4.11. The molecule has 6 nitrogen and oxygen atoms in total. The van der Waals surface area contributed by atoms with Crippen LogP contribution in [-0.4, -0.2) is 32.3 Å². The van der Waals surface area contributed by atoms with E-state index in [-0.39, 0.29) is 5.91 Å². The quantitative estimate of drug-likeness (QED) is 0.769. The van der Waals surface area contributed by atoms with Crippen molar-refractivity contribution in [2.45, 2.75) is 26.8 Å². The maximum absolute atomic E-state index is 12.8. The summed E-state index contributed by atoms with van der Waals surface area (Å²) >= 11 is 1.58. The van der Waals surface area contributed by atoms with Crippen molar-refractivity contribution in [2.24, 2.45) is 0 Å². The molecule has 3 heterocycles. The Morgan fingerprint density at radius 1 is 1.19 bits per heavy atom. The van der Waals surface area contributed by atoms with Gasteiger partial charge in [-0.1, -0.05) is 18.2 Å². The van der Waals surface area contributed by atoms with E-state index in [1.807, 2.05) is 55.3 Å². The first-order chi connectivity index (χ1) is 12.6. The zero-order valence-electron chi connectivity index (χ0n) is 14.7. The predicted octanol–water partition coefficient (Wildman–Crippen LogP) is 3.49. The van der Waals surface area contributed by atoms with Crippen molar-refractivity contribution in [2.75, 3.05) is 11.9 Å². The molecule has 3 aromatic rings. The third kappa shape index (κ3) is 3.30. The lowest BCUT2D eigenvalue weighted by molar-refractivity contribution is 0.0734. The van der Waals surface area contributed by atoms with E-state index >= 15 is 0 Å². The molecule has 1 aromatic carbocycles. The van der Waals surface area contributed by atoms with E-state index in [4.69, 9.17) is 0 Å². The van der Waals surface area contributed by atoms with Gasteiger partial charge in [0.05, 0.1) is 12.2 Å². The molecule has 0 saturated heterocycles. The maximum Gasteiger partial charge on any atom is 0.254 e. The molecular formula is C19H19N5OS. The highest BCUT2D eigenvalue weighted by molar-refractivity contribution is 7.15. The summed E-state index contributed by atoms with van der Waals surface area (Å²) in [4.78, 5) is 29.3. The Hall–Kier alpha value is -2.80. The second-order valence-electron chi connectivity index (χ2n) is 6.29. The number of amides is 1. The van der Waals surface area contributed by atoms with E-state index in [0.717, 1.165) is 39.3 Å². The molecular weight excluding hydrogens is 346 g/mol.